The zero-order valence-electron chi connectivity index (χ0n) is 78.0. The van der Waals surface area contributed by atoms with Gasteiger partial charge in [-0.2, -0.15) is 0 Å². The maximum atomic E-state index is 16.0. The van der Waals surface area contributed by atoms with E-state index in [0.29, 0.717) is 88.3 Å². The van der Waals surface area contributed by atoms with Crippen molar-refractivity contribution in [1.29, 1.82) is 0 Å². The number of benzene rings is 6. The highest BCUT2D eigenvalue weighted by molar-refractivity contribution is 8.00. The molecule has 38 heteroatoms. The van der Waals surface area contributed by atoms with E-state index in [4.69, 9.17) is 5.73 Å². The van der Waals surface area contributed by atoms with Gasteiger partial charge in [0.1, 0.15) is 90.0 Å². The monoisotopic (exact) mass is 1910 g/mol. The fourth-order valence-electron chi connectivity index (χ4n) is 18.0. The summed E-state index contributed by atoms with van der Waals surface area (Å²) in [6.07, 6.45) is -0.272. The zero-order chi connectivity index (χ0) is 99.2. The number of aromatic hydroxyl groups is 2. The average molecular weight is 1910 g/mol. The summed E-state index contributed by atoms with van der Waals surface area (Å²) < 4.78 is 45.2. The van der Waals surface area contributed by atoms with Crippen molar-refractivity contribution in [3.8, 4) is 11.5 Å². The minimum atomic E-state index is -1.86. The number of H-pyrrole nitrogens is 1. The Bertz CT molecular complexity index is 5470. The number of halogens is 3. The molecule has 4 aliphatic heterocycles. The molecule has 6 aromatic carbocycles. The molecule has 0 spiro atoms. The number of phenols is 2. The van der Waals surface area contributed by atoms with Gasteiger partial charge in [-0.05, 0) is 133 Å². The van der Waals surface area contributed by atoms with Crippen LogP contribution in [0.25, 0.3) is 10.9 Å². The number of likely N-dealkylation sites (N-methyl/N-ethyl adjacent to an activating group) is 3. The number of aromatic amines is 1. The number of piperidine rings is 1. The highest BCUT2D eigenvalue weighted by atomic mass is 32.2. The summed E-state index contributed by atoms with van der Waals surface area (Å²) in [7, 11) is 3.90. The Hall–Kier alpha value is -13.4. The first-order valence-corrected chi connectivity index (χ1v) is 47.5. The van der Waals surface area contributed by atoms with Gasteiger partial charge in [0.25, 0.3) is 0 Å². The highest BCUT2D eigenvalue weighted by Gasteiger charge is 2.50. The number of para-hydroxylation sites is 1. The zero-order valence-corrected chi connectivity index (χ0v) is 78.8. The molecule has 7 aromatic rings. The van der Waals surface area contributed by atoms with E-state index in [1.54, 1.807) is 131 Å². The molecule has 0 aliphatic carbocycles. The number of nitrogens with one attached hydrogen (secondary N) is 9. The number of amides is 15. The van der Waals surface area contributed by atoms with Gasteiger partial charge in [0.05, 0.1) is 18.4 Å². The van der Waals surface area contributed by atoms with Crippen molar-refractivity contribution in [2.75, 3.05) is 58.8 Å². The van der Waals surface area contributed by atoms with Crippen molar-refractivity contribution in [2.45, 2.75) is 222 Å². The summed E-state index contributed by atoms with van der Waals surface area (Å²) in [5.41, 5.74) is 8.16. The van der Waals surface area contributed by atoms with E-state index < -0.39 is 234 Å². The van der Waals surface area contributed by atoms with E-state index in [9.17, 15) is 34.1 Å². The molecule has 0 bridgehead atoms. The number of rotatable bonds is 21. The number of aliphatic hydroxyl groups excluding tert-OH is 1. The van der Waals surface area contributed by atoms with Crippen LogP contribution in [0.4, 0.5) is 13.2 Å². The van der Waals surface area contributed by atoms with E-state index in [1.165, 1.54) is 67.3 Å². The van der Waals surface area contributed by atoms with E-state index in [1.807, 2.05) is 6.92 Å². The number of aliphatic hydroxyl groups is 1. The number of hydrogen-bond acceptors (Lipinski definition) is 19. The average Bonchev–Trinajstić information content (AvgIpc) is 1.68. The van der Waals surface area contributed by atoms with Crippen LogP contribution < -0.4 is 48.3 Å². The quantitative estimate of drug-likeness (QED) is 0.0448. The molecule has 5 heterocycles. The molecule has 4 fully saturated rings. The predicted molar refractivity (Wildman–Crippen MR) is 503 cm³/mol. The lowest BCUT2D eigenvalue weighted by Gasteiger charge is -2.38. The molecule has 14 unspecified atom stereocenters. The van der Waals surface area contributed by atoms with Crippen LogP contribution in [0.5, 0.6) is 11.5 Å². The number of nitrogens with zero attached hydrogens (tertiary/aromatic N) is 6. The first-order chi connectivity index (χ1) is 65.4. The summed E-state index contributed by atoms with van der Waals surface area (Å²) in [5.74, 6) is -21.1. The summed E-state index contributed by atoms with van der Waals surface area (Å²) in [6, 6.07) is 17.1. The van der Waals surface area contributed by atoms with Crippen molar-refractivity contribution < 1.29 is 100 Å². The second kappa shape index (κ2) is 48.4. The van der Waals surface area contributed by atoms with Gasteiger partial charge >= 0.3 is 0 Å². The Kier molecular flexibility index (Phi) is 36.8. The molecular weight excluding hydrogens is 1790 g/mol. The largest absolute Gasteiger partial charge is 0.508 e. The number of primary amides is 1. The van der Waals surface area contributed by atoms with E-state index in [2.05, 4.69) is 47.5 Å². The lowest BCUT2D eigenvalue weighted by Crippen LogP contribution is -2.63. The van der Waals surface area contributed by atoms with Crippen LogP contribution in [0.3, 0.4) is 0 Å². The van der Waals surface area contributed by atoms with Crippen molar-refractivity contribution in [2.24, 2.45) is 17.6 Å². The minimum Gasteiger partial charge on any atom is -0.508 e. The molecule has 1 aromatic heterocycles. The van der Waals surface area contributed by atoms with Crippen molar-refractivity contribution in [1.82, 2.24) is 76.9 Å². The molecule has 4 aliphatic rings. The summed E-state index contributed by atoms with van der Waals surface area (Å²) in [4.78, 5) is 238. The number of thioether (sulfide) groups is 1. The van der Waals surface area contributed by atoms with E-state index >= 15 is 66.3 Å². The summed E-state index contributed by atoms with van der Waals surface area (Å²) >= 11 is 0.690. The Morgan fingerprint density at radius 2 is 1.00 bits per heavy atom. The fourth-order valence-corrected chi connectivity index (χ4v) is 18.9. The number of carbonyl (C=O) groups excluding carboxylic acids is 15. The highest BCUT2D eigenvalue weighted by Crippen LogP contribution is 2.32. The van der Waals surface area contributed by atoms with Gasteiger partial charge in [0, 0.05) is 109 Å². The molecule has 4 saturated heterocycles. The maximum Gasteiger partial charge on any atom is 0.246 e. The number of hydrogen-bond donors (Lipinski definition) is 13. The maximum absolute atomic E-state index is 16.0. The summed E-state index contributed by atoms with van der Waals surface area (Å²) in [6.45, 7) is 7.36. The second-order valence-corrected chi connectivity index (χ2v) is 37.4. The van der Waals surface area contributed by atoms with Crippen LogP contribution in [0.15, 0.2) is 152 Å². The number of fused-ring (bicyclic) bond motifs is 4. The molecule has 0 radical (unpaired) electrons. The fraction of sp³-hybridized carbons (Fsp3) is 0.465. The van der Waals surface area contributed by atoms with Gasteiger partial charge in [-0.1, -0.05) is 151 Å². The number of aromatic nitrogens is 1. The Morgan fingerprint density at radius 1 is 0.496 bits per heavy atom. The van der Waals surface area contributed by atoms with Crippen molar-refractivity contribution in [3.63, 3.8) is 0 Å². The molecule has 0 saturated carbocycles. The first kappa shape index (κ1) is 104. The number of carbonyl (C=O) groups is 15. The standard InChI is InChI=1S/C99H123F3N16O18S/c1-9-10-28-79-97(134)118-53-66(121)50-82(118)98(135)117-40-21-30-78(117)92(129)112-86(57(4)5)99(136)114(7)80(47-58-22-13-11-14-23-58)93(130)110-75(45-61-33-37-65(120)38-34-61)95(132)116-39-20-19-29-77(116)91(128)109-73(49-63-51-104-70-27-18-17-26-67(63)70)90(127)108-72(44-60-31-35-64(119)36-32-60)89(126)107-71(41-56(2)3)88(125)111-76(87(124)105-52-83(103)122)54-137-55-84(123)106-74(46-62-42-68(100)85(102)69(101)43-62)94(131)115(8)81(96(133)113(79)6)48-59-24-15-12-16-25-59/h11-18,22-27,31-38,42-43,51,56-57,66,71-82,86,104,119-121H,9-10,19-21,28-30,39-41,44-50,52-55H2,1-8H3,(H2,103,122)(H,105,124)(H,106,123)(H,107,126)(H,108,127)(H,109,128)(H,110,130)(H,111,125)(H,112,129). The van der Waals surface area contributed by atoms with Crippen LogP contribution >= 0.6 is 11.8 Å². The molecule has 14 atom stereocenters. The molecule has 137 heavy (non-hydrogen) atoms. The Balaban J connectivity index is 0.991. The van der Waals surface area contributed by atoms with Gasteiger partial charge < -0.3 is 98.0 Å². The van der Waals surface area contributed by atoms with Gasteiger partial charge in [-0.25, -0.2) is 13.2 Å². The Labute approximate surface area is 797 Å². The smallest absolute Gasteiger partial charge is 0.246 e. The van der Waals surface area contributed by atoms with Crippen LogP contribution in [0, 0.1) is 29.3 Å². The lowest BCUT2D eigenvalue weighted by atomic mass is 9.96. The predicted octanol–water partition coefficient (Wildman–Crippen LogP) is 4.20. The number of phenolic OH excluding ortho intramolecular Hbond substituents is 2. The normalized spacial score (nSPS) is 24.4. The summed E-state index contributed by atoms with van der Waals surface area (Å²) in [5, 5.41) is 55.0. The van der Waals surface area contributed by atoms with E-state index in [0.717, 1.165) is 19.6 Å². The number of unbranched alkanes of at least 4 members (excludes halogenated alkanes) is 1. The minimum absolute atomic E-state index is 0.0189. The van der Waals surface area contributed by atoms with Crippen LogP contribution in [-0.2, 0) is 110 Å². The third-order valence-electron chi connectivity index (χ3n) is 25.5. The van der Waals surface area contributed by atoms with Crippen molar-refractivity contribution >= 4 is 111 Å². The molecule has 34 nitrogen and oxygen atoms in total. The van der Waals surface area contributed by atoms with Crippen molar-refractivity contribution in [3.05, 3.63) is 203 Å². The molecular formula is C99H123F3N16O18S. The SMILES string of the molecule is CCCCC1C(=O)N2CC(O)CC2C(=O)N2CCCC2C(=O)NC(C(C)C)C(=O)N(C)C(Cc2ccccc2)C(=O)NC(Cc2ccc(O)cc2)C(=O)N2CCCCC2C(=O)NC(Cc2c[nH]c3ccccc23)C(=O)NC(Cc2ccc(O)cc2)C(=O)NC(CC(C)C)C(=O)NC(C(=O)NCC(N)=O)CSCC(=O)NC(Cc2cc(F)c(F)c(F)c2)C(=O)N(C)C(Cc2ccccc2)C(=O)N1C. The van der Waals surface area contributed by atoms with Gasteiger partial charge in [0.15, 0.2) is 17.5 Å². The van der Waals surface area contributed by atoms with Gasteiger partial charge in [-0.3, -0.25) is 71.9 Å². The molecule has 734 valence electrons. The Morgan fingerprint density at radius 3 is 1.61 bits per heavy atom. The second-order valence-electron chi connectivity index (χ2n) is 36.4. The first-order valence-electron chi connectivity index (χ1n) is 46.3. The molecule has 14 N–H and O–H groups in total. The van der Waals surface area contributed by atoms with Crippen LogP contribution in [-0.4, -0.2) is 282 Å². The third-order valence-corrected chi connectivity index (χ3v) is 26.5. The van der Waals surface area contributed by atoms with Gasteiger partial charge in [0.2, 0.25) is 88.6 Å². The van der Waals surface area contributed by atoms with Gasteiger partial charge in [-0.15, -0.1) is 11.8 Å². The number of nitrogens with two attached hydrogens (primary N) is 1. The van der Waals surface area contributed by atoms with Crippen LogP contribution in [0.1, 0.15) is 132 Å². The topological polar surface area (TPSA) is 474 Å². The molecule has 11 rings (SSSR count). The van der Waals surface area contributed by atoms with E-state index in [-0.39, 0.29) is 101 Å². The van der Waals surface area contributed by atoms with Crippen LogP contribution in [0.2, 0.25) is 0 Å². The third kappa shape index (κ3) is 27.5. The lowest BCUT2D eigenvalue weighted by molar-refractivity contribution is -0.154. The molecule has 15 amide bonds.